The highest BCUT2D eigenvalue weighted by Gasteiger charge is 2.05. The fraction of sp³-hybridized carbons (Fsp3) is 0.273. The number of aliphatic hydroxyl groups is 1. The lowest BCUT2D eigenvalue weighted by Crippen LogP contribution is -2.01. The minimum Gasteiger partial charge on any atom is -0.485 e. The average Bonchev–Trinajstić information content (AvgIpc) is 2.80. The standard InChI is InChI=1S/C11H12N2O2S/c1-8-2-3-11(10(4-14)13-8)15-5-9-6-16-7-12-9/h2-3,6-7,14H,4-5H2,1H3. The number of ether oxygens (including phenoxy) is 1. The van der Waals surface area contributed by atoms with E-state index in [1.54, 1.807) is 5.51 Å². The van der Waals surface area contributed by atoms with Gasteiger partial charge in [-0.1, -0.05) is 0 Å². The van der Waals surface area contributed by atoms with Crippen molar-refractivity contribution in [2.45, 2.75) is 20.1 Å². The van der Waals surface area contributed by atoms with Crippen LogP contribution in [0.25, 0.3) is 0 Å². The van der Waals surface area contributed by atoms with Gasteiger partial charge < -0.3 is 9.84 Å². The third-order valence-electron chi connectivity index (χ3n) is 2.08. The van der Waals surface area contributed by atoms with Crippen LogP contribution in [0, 0.1) is 6.92 Å². The fourth-order valence-electron chi connectivity index (χ4n) is 1.30. The lowest BCUT2D eigenvalue weighted by Gasteiger charge is -2.08. The highest BCUT2D eigenvalue weighted by Crippen LogP contribution is 2.18. The molecule has 2 aromatic heterocycles. The second-order valence-electron chi connectivity index (χ2n) is 3.32. The zero-order valence-electron chi connectivity index (χ0n) is 8.88. The quantitative estimate of drug-likeness (QED) is 0.881. The number of aryl methyl sites for hydroxylation is 1. The fourth-order valence-corrected chi connectivity index (χ4v) is 1.85. The summed E-state index contributed by atoms with van der Waals surface area (Å²) in [5, 5.41) is 11.1. The molecule has 0 aliphatic carbocycles. The van der Waals surface area contributed by atoms with E-state index in [1.165, 1.54) is 11.3 Å². The molecule has 2 heterocycles. The molecule has 0 aliphatic rings. The van der Waals surface area contributed by atoms with E-state index in [0.717, 1.165) is 11.4 Å². The number of thiazole rings is 1. The molecule has 0 amide bonds. The van der Waals surface area contributed by atoms with Gasteiger partial charge >= 0.3 is 0 Å². The van der Waals surface area contributed by atoms with Crippen molar-refractivity contribution in [3.05, 3.63) is 40.1 Å². The van der Waals surface area contributed by atoms with Gasteiger partial charge in [0.05, 0.1) is 17.8 Å². The number of pyridine rings is 1. The average molecular weight is 236 g/mol. The van der Waals surface area contributed by atoms with E-state index in [0.29, 0.717) is 18.1 Å². The number of aromatic nitrogens is 2. The van der Waals surface area contributed by atoms with E-state index in [9.17, 15) is 0 Å². The van der Waals surface area contributed by atoms with E-state index in [1.807, 2.05) is 24.4 Å². The topological polar surface area (TPSA) is 55.2 Å². The predicted octanol–water partition coefficient (Wildman–Crippen LogP) is 1.92. The molecule has 0 aliphatic heterocycles. The van der Waals surface area contributed by atoms with Crippen molar-refractivity contribution < 1.29 is 9.84 Å². The minimum absolute atomic E-state index is 0.117. The number of aliphatic hydroxyl groups excluding tert-OH is 1. The third-order valence-corrected chi connectivity index (χ3v) is 2.72. The van der Waals surface area contributed by atoms with Gasteiger partial charge in [0.1, 0.15) is 18.1 Å². The third kappa shape index (κ3) is 2.56. The molecule has 4 nitrogen and oxygen atoms in total. The lowest BCUT2D eigenvalue weighted by molar-refractivity contribution is 0.252. The van der Waals surface area contributed by atoms with Crippen LogP contribution in [-0.2, 0) is 13.2 Å². The van der Waals surface area contributed by atoms with Crippen molar-refractivity contribution >= 4 is 11.3 Å². The minimum atomic E-state index is -0.117. The molecule has 0 atom stereocenters. The normalized spacial score (nSPS) is 10.4. The van der Waals surface area contributed by atoms with Gasteiger partial charge in [-0.3, -0.25) is 4.98 Å². The second kappa shape index (κ2) is 5.05. The molecule has 0 fully saturated rings. The first-order valence-electron chi connectivity index (χ1n) is 4.87. The molecule has 16 heavy (non-hydrogen) atoms. The highest BCUT2D eigenvalue weighted by atomic mass is 32.1. The summed E-state index contributed by atoms with van der Waals surface area (Å²) in [4.78, 5) is 8.31. The highest BCUT2D eigenvalue weighted by molar-refractivity contribution is 7.07. The van der Waals surface area contributed by atoms with Gasteiger partial charge in [0.15, 0.2) is 0 Å². The van der Waals surface area contributed by atoms with Gasteiger partial charge in [-0.2, -0.15) is 0 Å². The molecule has 2 aromatic rings. The smallest absolute Gasteiger partial charge is 0.143 e. The van der Waals surface area contributed by atoms with Gasteiger partial charge in [-0.05, 0) is 19.1 Å². The summed E-state index contributed by atoms with van der Waals surface area (Å²) in [5.74, 6) is 0.612. The van der Waals surface area contributed by atoms with Crippen molar-refractivity contribution in [1.29, 1.82) is 0 Å². The van der Waals surface area contributed by atoms with E-state index >= 15 is 0 Å². The van der Waals surface area contributed by atoms with Crippen LogP contribution in [0.4, 0.5) is 0 Å². The van der Waals surface area contributed by atoms with Crippen LogP contribution in [-0.4, -0.2) is 15.1 Å². The Balaban J connectivity index is 2.09. The van der Waals surface area contributed by atoms with Gasteiger partial charge in [0, 0.05) is 11.1 Å². The van der Waals surface area contributed by atoms with Crippen molar-refractivity contribution in [2.24, 2.45) is 0 Å². The Morgan fingerprint density at radius 1 is 1.44 bits per heavy atom. The van der Waals surface area contributed by atoms with Crippen LogP contribution >= 0.6 is 11.3 Å². The molecule has 84 valence electrons. The van der Waals surface area contributed by atoms with Gasteiger partial charge in [-0.25, -0.2) is 4.98 Å². The van der Waals surface area contributed by atoms with E-state index in [2.05, 4.69) is 9.97 Å². The SMILES string of the molecule is Cc1ccc(OCc2cscn2)c(CO)n1. The molecule has 0 bridgehead atoms. The zero-order chi connectivity index (χ0) is 11.4. The summed E-state index contributed by atoms with van der Waals surface area (Å²) < 4.78 is 5.55. The molecule has 0 saturated heterocycles. The van der Waals surface area contributed by atoms with Gasteiger partial charge in [-0.15, -0.1) is 11.3 Å². The van der Waals surface area contributed by atoms with E-state index in [4.69, 9.17) is 9.84 Å². The number of rotatable bonds is 4. The number of nitrogens with zero attached hydrogens (tertiary/aromatic N) is 2. The Morgan fingerprint density at radius 3 is 3.00 bits per heavy atom. The molecule has 0 spiro atoms. The van der Waals surface area contributed by atoms with Crippen LogP contribution in [0.15, 0.2) is 23.0 Å². The van der Waals surface area contributed by atoms with Crippen LogP contribution in [0.1, 0.15) is 17.1 Å². The maximum atomic E-state index is 9.14. The summed E-state index contributed by atoms with van der Waals surface area (Å²) >= 11 is 1.53. The first kappa shape index (κ1) is 11.0. The Labute approximate surface area is 97.6 Å². The van der Waals surface area contributed by atoms with E-state index < -0.39 is 0 Å². The van der Waals surface area contributed by atoms with Crippen LogP contribution in [0.2, 0.25) is 0 Å². The summed E-state index contributed by atoms with van der Waals surface area (Å²) in [7, 11) is 0. The maximum Gasteiger partial charge on any atom is 0.143 e. The maximum absolute atomic E-state index is 9.14. The molecule has 2 rings (SSSR count). The monoisotopic (exact) mass is 236 g/mol. The van der Waals surface area contributed by atoms with Crippen molar-refractivity contribution in [3.8, 4) is 5.75 Å². The Kier molecular flexibility index (Phi) is 3.48. The molecular formula is C11H12N2O2S. The first-order chi connectivity index (χ1) is 7.79. The molecule has 0 unspecified atom stereocenters. The van der Waals surface area contributed by atoms with E-state index in [-0.39, 0.29) is 6.61 Å². The lowest BCUT2D eigenvalue weighted by atomic mass is 10.3. The van der Waals surface area contributed by atoms with Crippen molar-refractivity contribution in [3.63, 3.8) is 0 Å². The summed E-state index contributed by atoms with van der Waals surface area (Å²) in [6.07, 6.45) is 0. The molecule has 0 saturated carbocycles. The Hall–Kier alpha value is -1.46. The molecule has 0 radical (unpaired) electrons. The predicted molar refractivity (Wildman–Crippen MR) is 61.3 cm³/mol. The van der Waals surface area contributed by atoms with Crippen molar-refractivity contribution in [2.75, 3.05) is 0 Å². The van der Waals surface area contributed by atoms with Crippen LogP contribution < -0.4 is 4.74 Å². The molecule has 0 aromatic carbocycles. The number of hydrogen-bond acceptors (Lipinski definition) is 5. The zero-order valence-corrected chi connectivity index (χ0v) is 9.70. The Morgan fingerprint density at radius 2 is 2.31 bits per heavy atom. The van der Waals surface area contributed by atoms with Gasteiger partial charge in [0.2, 0.25) is 0 Å². The second-order valence-corrected chi connectivity index (χ2v) is 4.04. The summed E-state index contributed by atoms with van der Waals surface area (Å²) in [5.41, 5.74) is 4.08. The van der Waals surface area contributed by atoms with Crippen LogP contribution in [0.5, 0.6) is 5.75 Å². The van der Waals surface area contributed by atoms with Crippen molar-refractivity contribution in [1.82, 2.24) is 9.97 Å². The summed E-state index contributed by atoms with van der Waals surface area (Å²) in [6.45, 7) is 2.17. The Bertz CT molecular complexity index is 457. The molecule has 5 heteroatoms. The molecular weight excluding hydrogens is 224 g/mol. The number of hydrogen-bond donors (Lipinski definition) is 1. The first-order valence-corrected chi connectivity index (χ1v) is 5.81. The molecule has 1 N–H and O–H groups in total. The van der Waals surface area contributed by atoms with Crippen LogP contribution in [0.3, 0.4) is 0 Å². The van der Waals surface area contributed by atoms with Gasteiger partial charge in [0.25, 0.3) is 0 Å². The largest absolute Gasteiger partial charge is 0.485 e. The summed E-state index contributed by atoms with van der Waals surface area (Å²) in [6, 6.07) is 3.68.